The molecular weight excluding hydrogens is 324 g/mol. The van der Waals surface area contributed by atoms with Crippen molar-refractivity contribution >= 4 is 5.91 Å². The first kappa shape index (κ1) is 17.1. The van der Waals surface area contributed by atoms with Crippen molar-refractivity contribution in [1.82, 2.24) is 9.80 Å². The Balaban J connectivity index is 1.31. The maximum atomic E-state index is 12.6. The molecule has 4 nitrogen and oxygen atoms in total. The largest absolute Gasteiger partial charge is 0.508 e. The van der Waals surface area contributed by atoms with E-state index in [0.717, 1.165) is 51.0 Å². The summed E-state index contributed by atoms with van der Waals surface area (Å²) in [5.41, 5.74) is 3.83. The Morgan fingerprint density at radius 1 is 1.00 bits per heavy atom. The van der Waals surface area contributed by atoms with E-state index in [9.17, 15) is 9.90 Å². The summed E-state index contributed by atoms with van der Waals surface area (Å²) in [7, 11) is 0. The van der Waals surface area contributed by atoms with Crippen LogP contribution in [0.4, 0.5) is 0 Å². The van der Waals surface area contributed by atoms with Crippen molar-refractivity contribution in [3.8, 4) is 5.75 Å². The van der Waals surface area contributed by atoms with E-state index in [0.29, 0.717) is 12.5 Å². The van der Waals surface area contributed by atoms with E-state index in [2.05, 4.69) is 29.2 Å². The molecule has 0 spiro atoms. The lowest BCUT2D eigenvalue weighted by atomic mass is 9.95. The van der Waals surface area contributed by atoms with E-state index in [-0.39, 0.29) is 11.7 Å². The Morgan fingerprint density at radius 3 is 2.54 bits per heavy atom. The molecule has 0 unspecified atom stereocenters. The molecule has 4 heteroatoms. The molecule has 2 heterocycles. The van der Waals surface area contributed by atoms with Gasteiger partial charge in [-0.25, -0.2) is 0 Å². The third kappa shape index (κ3) is 3.75. The van der Waals surface area contributed by atoms with Gasteiger partial charge in [0, 0.05) is 32.2 Å². The van der Waals surface area contributed by atoms with Gasteiger partial charge in [0.25, 0.3) is 0 Å². The fourth-order valence-electron chi connectivity index (χ4n) is 4.26. The lowest BCUT2D eigenvalue weighted by Crippen LogP contribution is -2.48. The molecule has 2 aliphatic rings. The van der Waals surface area contributed by atoms with Crippen LogP contribution in [0.3, 0.4) is 0 Å². The number of piperidine rings is 1. The van der Waals surface area contributed by atoms with Gasteiger partial charge in [0.1, 0.15) is 5.75 Å². The molecule has 2 aliphatic heterocycles. The number of aromatic hydroxyl groups is 1. The quantitative estimate of drug-likeness (QED) is 0.925. The third-order valence-electron chi connectivity index (χ3n) is 5.76. The minimum Gasteiger partial charge on any atom is -0.508 e. The third-order valence-corrected chi connectivity index (χ3v) is 5.76. The lowest BCUT2D eigenvalue weighted by molar-refractivity contribution is -0.132. The summed E-state index contributed by atoms with van der Waals surface area (Å²) >= 11 is 0. The van der Waals surface area contributed by atoms with Crippen molar-refractivity contribution < 1.29 is 9.90 Å². The van der Waals surface area contributed by atoms with Gasteiger partial charge >= 0.3 is 0 Å². The van der Waals surface area contributed by atoms with Crippen molar-refractivity contribution in [2.45, 2.75) is 38.3 Å². The predicted molar refractivity (Wildman–Crippen MR) is 102 cm³/mol. The molecule has 0 atom stereocenters. The zero-order valence-electron chi connectivity index (χ0n) is 15.1. The Kier molecular flexibility index (Phi) is 4.93. The molecule has 0 aromatic heterocycles. The van der Waals surface area contributed by atoms with Gasteiger partial charge in [0.15, 0.2) is 0 Å². The van der Waals surface area contributed by atoms with Crippen molar-refractivity contribution in [3.63, 3.8) is 0 Å². The Bertz CT molecular complexity index is 781. The van der Waals surface area contributed by atoms with Crippen LogP contribution in [0.1, 0.15) is 29.5 Å². The van der Waals surface area contributed by atoms with Crippen LogP contribution in [0, 0.1) is 0 Å². The van der Waals surface area contributed by atoms with Crippen LogP contribution >= 0.6 is 0 Å². The highest BCUT2D eigenvalue weighted by molar-refractivity contribution is 5.79. The molecule has 136 valence electrons. The van der Waals surface area contributed by atoms with Crippen molar-refractivity contribution in [2.75, 3.05) is 19.6 Å². The smallest absolute Gasteiger partial charge is 0.226 e. The van der Waals surface area contributed by atoms with Crippen LogP contribution < -0.4 is 0 Å². The molecule has 1 fully saturated rings. The molecular formula is C22H26N2O2. The predicted octanol–water partition coefficient (Wildman–Crippen LogP) is 2.98. The van der Waals surface area contributed by atoms with Gasteiger partial charge < -0.3 is 10.0 Å². The van der Waals surface area contributed by atoms with Gasteiger partial charge in [0.2, 0.25) is 5.91 Å². The number of rotatable bonds is 3. The number of fused-ring (bicyclic) bond motifs is 1. The van der Waals surface area contributed by atoms with E-state index >= 15 is 0 Å². The maximum Gasteiger partial charge on any atom is 0.226 e. The molecule has 0 bridgehead atoms. The summed E-state index contributed by atoms with van der Waals surface area (Å²) < 4.78 is 0. The molecule has 26 heavy (non-hydrogen) atoms. The van der Waals surface area contributed by atoms with Crippen molar-refractivity contribution in [3.05, 3.63) is 65.2 Å². The van der Waals surface area contributed by atoms with Crippen LogP contribution in [0.15, 0.2) is 48.5 Å². The minimum atomic E-state index is 0.165. The van der Waals surface area contributed by atoms with Gasteiger partial charge in [-0.05, 0) is 48.1 Å². The zero-order chi connectivity index (χ0) is 17.9. The highest BCUT2D eigenvalue weighted by Crippen LogP contribution is 2.25. The fraction of sp³-hybridized carbons (Fsp3) is 0.409. The van der Waals surface area contributed by atoms with E-state index < -0.39 is 0 Å². The fourth-order valence-corrected chi connectivity index (χ4v) is 4.26. The molecule has 0 aliphatic carbocycles. The first-order chi connectivity index (χ1) is 12.7. The average molecular weight is 350 g/mol. The Morgan fingerprint density at radius 2 is 1.77 bits per heavy atom. The van der Waals surface area contributed by atoms with Crippen molar-refractivity contribution in [1.29, 1.82) is 0 Å². The second-order valence-corrected chi connectivity index (χ2v) is 7.45. The lowest BCUT2D eigenvalue weighted by Gasteiger charge is -2.40. The van der Waals surface area contributed by atoms with Gasteiger partial charge in [-0.3, -0.25) is 9.69 Å². The van der Waals surface area contributed by atoms with Gasteiger partial charge in [-0.15, -0.1) is 0 Å². The molecule has 4 rings (SSSR count). The molecule has 1 N–H and O–H groups in total. The molecule has 1 saturated heterocycles. The first-order valence-corrected chi connectivity index (χ1v) is 9.55. The SMILES string of the molecule is O=C(Cc1cccc(O)c1)N1CCC(N2CCc3ccccc3C2)CC1. The average Bonchev–Trinajstić information content (AvgIpc) is 2.68. The number of hydrogen-bond acceptors (Lipinski definition) is 3. The number of hydrogen-bond donors (Lipinski definition) is 1. The van der Waals surface area contributed by atoms with Crippen LogP contribution in [-0.2, 0) is 24.2 Å². The normalized spacial score (nSPS) is 18.5. The van der Waals surface area contributed by atoms with E-state index in [1.54, 1.807) is 18.2 Å². The monoisotopic (exact) mass is 350 g/mol. The van der Waals surface area contributed by atoms with Crippen molar-refractivity contribution in [2.24, 2.45) is 0 Å². The molecule has 0 saturated carbocycles. The molecule has 0 radical (unpaired) electrons. The maximum absolute atomic E-state index is 12.6. The summed E-state index contributed by atoms with van der Waals surface area (Å²) in [6.45, 7) is 3.83. The second kappa shape index (κ2) is 7.50. The number of benzene rings is 2. The second-order valence-electron chi connectivity index (χ2n) is 7.45. The van der Waals surface area contributed by atoms with Gasteiger partial charge in [-0.1, -0.05) is 36.4 Å². The number of carbonyl (C=O) groups is 1. The first-order valence-electron chi connectivity index (χ1n) is 9.55. The van der Waals surface area contributed by atoms with Gasteiger partial charge in [0.05, 0.1) is 6.42 Å². The number of nitrogens with zero attached hydrogens (tertiary/aromatic N) is 2. The molecule has 1 amide bonds. The van der Waals surface area contributed by atoms with Crippen LogP contribution in [-0.4, -0.2) is 46.5 Å². The molecule has 2 aromatic carbocycles. The van der Waals surface area contributed by atoms with Crippen LogP contribution in [0.5, 0.6) is 5.75 Å². The van der Waals surface area contributed by atoms with E-state index in [4.69, 9.17) is 0 Å². The van der Waals surface area contributed by atoms with Gasteiger partial charge in [-0.2, -0.15) is 0 Å². The highest BCUT2D eigenvalue weighted by Gasteiger charge is 2.28. The summed E-state index contributed by atoms with van der Waals surface area (Å²) in [5.74, 6) is 0.387. The van der Waals surface area contributed by atoms with E-state index in [1.165, 1.54) is 11.1 Å². The molecule has 2 aromatic rings. The number of likely N-dealkylation sites (tertiary alicyclic amines) is 1. The summed E-state index contributed by atoms with van der Waals surface area (Å²) in [4.78, 5) is 17.1. The highest BCUT2D eigenvalue weighted by atomic mass is 16.3. The minimum absolute atomic E-state index is 0.165. The van der Waals surface area contributed by atoms with Crippen LogP contribution in [0.25, 0.3) is 0 Å². The Labute approximate surface area is 155 Å². The topological polar surface area (TPSA) is 43.8 Å². The van der Waals surface area contributed by atoms with Crippen LogP contribution in [0.2, 0.25) is 0 Å². The summed E-state index contributed by atoms with van der Waals surface area (Å²) in [6.07, 6.45) is 3.60. The number of carbonyl (C=O) groups excluding carboxylic acids is 1. The Hall–Kier alpha value is -2.33. The van der Waals surface area contributed by atoms with E-state index in [1.807, 2.05) is 11.0 Å². The standard InChI is InChI=1S/C22H26N2O2/c25-21-7-3-4-17(14-21)15-22(26)23-12-9-20(10-13-23)24-11-8-18-5-1-2-6-19(18)16-24/h1-7,14,20,25H,8-13,15-16H2. The number of phenols is 1. The number of phenolic OH excluding ortho intramolecular Hbond substituents is 1. The summed E-state index contributed by atoms with van der Waals surface area (Å²) in [5, 5.41) is 9.55. The zero-order valence-corrected chi connectivity index (χ0v) is 15.1. The summed E-state index contributed by atoms with van der Waals surface area (Å²) in [6, 6.07) is 16.3. The number of amides is 1.